The lowest BCUT2D eigenvalue weighted by Gasteiger charge is -2.12. The van der Waals surface area contributed by atoms with Gasteiger partial charge in [0, 0.05) is 30.2 Å². The molecule has 0 aliphatic heterocycles. The smallest absolute Gasteiger partial charge is 0.327 e. The van der Waals surface area contributed by atoms with E-state index in [1.807, 2.05) is 0 Å². The number of nitrogens with one attached hydrogen (secondary N) is 1. The average molecular weight is 296 g/mol. The van der Waals surface area contributed by atoms with Crippen LogP contribution in [0, 0.1) is 0 Å². The van der Waals surface area contributed by atoms with Crippen molar-refractivity contribution in [3.05, 3.63) is 24.0 Å². The summed E-state index contributed by atoms with van der Waals surface area (Å²) >= 11 is 1.26. The molecule has 0 radical (unpaired) electrons. The topological polar surface area (TPSA) is 96.4 Å². The molecule has 1 aromatic heterocycles. The summed E-state index contributed by atoms with van der Waals surface area (Å²) in [4.78, 5) is 38.0. The molecule has 108 valence electrons. The molecule has 1 unspecified atom stereocenters. The second kappa shape index (κ2) is 7.64. The molecule has 0 saturated carbocycles. The van der Waals surface area contributed by atoms with Gasteiger partial charge in [-0.15, -0.1) is 11.8 Å². The number of aromatic nitrogens is 1. The standard InChI is InChI=1S/C13H16N2O4S/c1-3-12(17)10-5-4-9(6-14-10)20-7-11(13(18)19)15-8(2)16/h4-6,11H,3,7H2,1-2H3,(H,15,16)(H,18,19). The number of amides is 1. The summed E-state index contributed by atoms with van der Waals surface area (Å²) in [6.07, 6.45) is 1.92. The van der Waals surface area contributed by atoms with Crippen LogP contribution < -0.4 is 5.32 Å². The number of carbonyl (C=O) groups excluding carboxylic acids is 2. The van der Waals surface area contributed by atoms with Gasteiger partial charge in [0.1, 0.15) is 11.7 Å². The van der Waals surface area contributed by atoms with Crippen molar-refractivity contribution in [1.29, 1.82) is 0 Å². The van der Waals surface area contributed by atoms with Gasteiger partial charge in [-0.05, 0) is 12.1 Å². The SMILES string of the molecule is CCC(=O)c1ccc(SCC(NC(C)=O)C(=O)O)cn1. The Morgan fingerprint density at radius 1 is 1.40 bits per heavy atom. The van der Waals surface area contributed by atoms with Gasteiger partial charge >= 0.3 is 5.97 Å². The minimum atomic E-state index is -1.08. The molecule has 1 rings (SSSR count). The first-order valence-electron chi connectivity index (χ1n) is 6.06. The highest BCUT2D eigenvalue weighted by molar-refractivity contribution is 7.99. The maximum absolute atomic E-state index is 11.4. The predicted molar refractivity (Wildman–Crippen MR) is 74.8 cm³/mol. The number of ketones is 1. The molecule has 20 heavy (non-hydrogen) atoms. The fourth-order valence-electron chi connectivity index (χ4n) is 1.41. The van der Waals surface area contributed by atoms with E-state index in [-0.39, 0.29) is 17.4 Å². The molecule has 7 heteroatoms. The highest BCUT2D eigenvalue weighted by Crippen LogP contribution is 2.18. The Labute approximate surface area is 121 Å². The van der Waals surface area contributed by atoms with Crippen LogP contribution in [0.25, 0.3) is 0 Å². The van der Waals surface area contributed by atoms with Crippen molar-refractivity contribution in [2.45, 2.75) is 31.2 Å². The molecule has 0 fully saturated rings. The highest BCUT2D eigenvalue weighted by atomic mass is 32.2. The van der Waals surface area contributed by atoms with Crippen molar-refractivity contribution in [2.75, 3.05) is 5.75 Å². The van der Waals surface area contributed by atoms with Crippen molar-refractivity contribution in [3.63, 3.8) is 0 Å². The van der Waals surface area contributed by atoms with Crippen LogP contribution in [-0.2, 0) is 9.59 Å². The van der Waals surface area contributed by atoms with Crippen molar-refractivity contribution in [2.24, 2.45) is 0 Å². The molecule has 0 bridgehead atoms. The molecule has 6 nitrogen and oxygen atoms in total. The van der Waals surface area contributed by atoms with E-state index in [0.717, 1.165) is 4.90 Å². The van der Waals surface area contributed by atoms with Gasteiger partial charge in [0.15, 0.2) is 5.78 Å². The quantitative estimate of drug-likeness (QED) is 0.582. The fourth-order valence-corrected chi connectivity index (χ4v) is 2.29. The van der Waals surface area contributed by atoms with Crippen LogP contribution in [0.4, 0.5) is 0 Å². The number of carbonyl (C=O) groups is 3. The lowest BCUT2D eigenvalue weighted by molar-refractivity contribution is -0.140. The number of nitrogens with zero attached hydrogens (tertiary/aromatic N) is 1. The van der Waals surface area contributed by atoms with Gasteiger partial charge in [-0.2, -0.15) is 0 Å². The van der Waals surface area contributed by atoms with Gasteiger partial charge in [-0.1, -0.05) is 6.92 Å². The van der Waals surface area contributed by atoms with E-state index in [9.17, 15) is 14.4 Å². The molecule has 0 aliphatic carbocycles. The molecular formula is C13H16N2O4S. The van der Waals surface area contributed by atoms with Crippen LogP contribution >= 0.6 is 11.8 Å². The Kier molecular flexibility index (Phi) is 6.17. The summed E-state index contributed by atoms with van der Waals surface area (Å²) in [5.74, 6) is -1.32. The molecule has 0 aromatic carbocycles. The van der Waals surface area contributed by atoms with Gasteiger partial charge in [0.25, 0.3) is 0 Å². The van der Waals surface area contributed by atoms with Crippen LogP contribution in [0.1, 0.15) is 30.8 Å². The van der Waals surface area contributed by atoms with E-state index in [4.69, 9.17) is 5.11 Å². The number of hydrogen-bond donors (Lipinski definition) is 2. The van der Waals surface area contributed by atoms with Crippen molar-refractivity contribution < 1.29 is 19.5 Å². The van der Waals surface area contributed by atoms with E-state index < -0.39 is 12.0 Å². The largest absolute Gasteiger partial charge is 0.480 e. The maximum atomic E-state index is 11.4. The first kappa shape index (κ1) is 16.2. The predicted octanol–water partition coefficient (Wildman–Crippen LogP) is 1.36. The summed E-state index contributed by atoms with van der Waals surface area (Å²) in [6.45, 7) is 3.03. The number of rotatable bonds is 7. The summed E-state index contributed by atoms with van der Waals surface area (Å²) in [7, 11) is 0. The van der Waals surface area contributed by atoms with Crippen LogP contribution in [0.2, 0.25) is 0 Å². The van der Waals surface area contributed by atoms with E-state index in [1.54, 1.807) is 19.1 Å². The molecule has 1 amide bonds. The van der Waals surface area contributed by atoms with Crippen LogP contribution in [-0.4, -0.2) is 39.5 Å². The third-order valence-corrected chi connectivity index (χ3v) is 3.51. The molecule has 0 aliphatic rings. The number of aliphatic carboxylic acids is 1. The number of thioether (sulfide) groups is 1. The van der Waals surface area contributed by atoms with Crippen molar-refractivity contribution in [1.82, 2.24) is 10.3 Å². The van der Waals surface area contributed by atoms with Gasteiger partial charge in [-0.3, -0.25) is 14.6 Å². The number of hydrogen-bond acceptors (Lipinski definition) is 5. The maximum Gasteiger partial charge on any atom is 0.327 e. The third-order valence-electron chi connectivity index (χ3n) is 2.44. The van der Waals surface area contributed by atoms with E-state index >= 15 is 0 Å². The molecule has 0 saturated heterocycles. The van der Waals surface area contributed by atoms with Gasteiger partial charge in [0.05, 0.1) is 0 Å². The number of pyridine rings is 1. The van der Waals surface area contributed by atoms with Crippen LogP contribution in [0.5, 0.6) is 0 Å². The van der Waals surface area contributed by atoms with Gasteiger partial charge in [-0.25, -0.2) is 4.79 Å². The minimum Gasteiger partial charge on any atom is -0.480 e. The summed E-state index contributed by atoms with van der Waals surface area (Å²) < 4.78 is 0. The first-order valence-corrected chi connectivity index (χ1v) is 7.04. The Morgan fingerprint density at radius 3 is 2.55 bits per heavy atom. The van der Waals surface area contributed by atoms with Crippen LogP contribution in [0.3, 0.4) is 0 Å². The number of carboxylic acids is 1. The Balaban J connectivity index is 2.62. The molecule has 2 N–H and O–H groups in total. The third kappa shape index (κ3) is 5.00. The Bertz CT molecular complexity index is 502. The van der Waals surface area contributed by atoms with E-state index in [2.05, 4.69) is 10.3 Å². The minimum absolute atomic E-state index is 0.0387. The lowest BCUT2D eigenvalue weighted by atomic mass is 10.2. The first-order chi connectivity index (χ1) is 9.43. The fraction of sp³-hybridized carbons (Fsp3) is 0.385. The highest BCUT2D eigenvalue weighted by Gasteiger charge is 2.18. The molecule has 1 heterocycles. The van der Waals surface area contributed by atoms with E-state index in [0.29, 0.717) is 12.1 Å². The van der Waals surface area contributed by atoms with Gasteiger partial charge < -0.3 is 10.4 Å². The molecule has 1 atom stereocenters. The summed E-state index contributed by atoms with van der Waals surface area (Å²) in [5.41, 5.74) is 0.397. The van der Waals surface area contributed by atoms with E-state index in [1.165, 1.54) is 24.9 Å². The van der Waals surface area contributed by atoms with Crippen molar-refractivity contribution >= 4 is 29.4 Å². The zero-order valence-electron chi connectivity index (χ0n) is 11.3. The molecule has 1 aromatic rings. The molecule has 0 spiro atoms. The van der Waals surface area contributed by atoms with Gasteiger partial charge in [0.2, 0.25) is 5.91 Å². The zero-order valence-corrected chi connectivity index (χ0v) is 12.1. The number of carboxylic acid groups (broad SMARTS) is 1. The van der Waals surface area contributed by atoms with Crippen molar-refractivity contribution in [3.8, 4) is 0 Å². The average Bonchev–Trinajstić information content (AvgIpc) is 2.42. The second-order valence-electron chi connectivity index (χ2n) is 4.06. The zero-order chi connectivity index (χ0) is 15.1. The number of Topliss-reactive ketones (excluding diaryl/α,β-unsaturated/α-hetero) is 1. The summed E-state index contributed by atoms with van der Waals surface area (Å²) in [6, 6.07) is 2.38. The second-order valence-corrected chi connectivity index (χ2v) is 5.15. The lowest BCUT2D eigenvalue weighted by Crippen LogP contribution is -2.41. The Morgan fingerprint density at radius 2 is 2.10 bits per heavy atom. The summed E-state index contributed by atoms with van der Waals surface area (Å²) in [5, 5.41) is 11.3. The Hall–Kier alpha value is -1.89. The normalized spacial score (nSPS) is 11.7. The molecular weight excluding hydrogens is 280 g/mol. The monoisotopic (exact) mass is 296 g/mol. The van der Waals surface area contributed by atoms with Crippen LogP contribution in [0.15, 0.2) is 23.2 Å².